The van der Waals surface area contributed by atoms with E-state index in [9.17, 15) is 17.6 Å². The summed E-state index contributed by atoms with van der Waals surface area (Å²) in [5.74, 6) is -1.17. The molecule has 7 nitrogen and oxygen atoms in total. The molecular weight excluding hydrogens is 381 g/mol. The zero-order chi connectivity index (χ0) is 19.2. The van der Waals surface area contributed by atoms with Gasteiger partial charge in [0.15, 0.2) is 17.7 Å². The van der Waals surface area contributed by atoms with Gasteiger partial charge in [-0.2, -0.15) is 0 Å². The van der Waals surface area contributed by atoms with Crippen LogP contribution in [0.25, 0.3) is 0 Å². The Morgan fingerprint density at radius 3 is 2.69 bits per heavy atom. The van der Waals surface area contributed by atoms with E-state index in [0.29, 0.717) is 12.8 Å². The maximum atomic E-state index is 13.7. The molecule has 1 N–H and O–H groups in total. The Balaban J connectivity index is 2.05. The van der Waals surface area contributed by atoms with E-state index in [1.807, 2.05) is 6.92 Å². The highest BCUT2D eigenvalue weighted by atomic mass is 32.2. The predicted octanol–water partition coefficient (Wildman–Crippen LogP) is 3.05. The van der Waals surface area contributed by atoms with Gasteiger partial charge < -0.3 is 4.74 Å². The van der Waals surface area contributed by atoms with Crippen LogP contribution in [0, 0.1) is 5.82 Å². The summed E-state index contributed by atoms with van der Waals surface area (Å²) in [6, 6.07) is 5.78. The molecule has 2 aromatic rings. The number of benzene rings is 1. The molecule has 10 heteroatoms. The van der Waals surface area contributed by atoms with Crippen molar-refractivity contribution in [3.05, 3.63) is 30.1 Å². The monoisotopic (exact) mass is 401 g/mol. The minimum Gasteiger partial charge on any atom is -0.478 e. The summed E-state index contributed by atoms with van der Waals surface area (Å²) in [4.78, 5) is 12.3. The van der Waals surface area contributed by atoms with Gasteiger partial charge >= 0.3 is 0 Å². The Morgan fingerprint density at radius 1 is 1.31 bits per heavy atom. The lowest BCUT2D eigenvalue weighted by Crippen LogP contribution is -2.32. The van der Waals surface area contributed by atoms with Crippen molar-refractivity contribution in [3.8, 4) is 5.75 Å². The van der Waals surface area contributed by atoms with Crippen LogP contribution in [0.15, 0.2) is 28.6 Å². The molecule has 1 amide bonds. The van der Waals surface area contributed by atoms with Crippen molar-refractivity contribution in [3.63, 3.8) is 0 Å². The molecule has 0 spiro atoms. The zero-order valence-corrected chi connectivity index (χ0v) is 16.1. The minimum atomic E-state index is -3.50. The fraction of sp³-hybridized carbons (Fsp3) is 0.438. The van der Waals surface area contributed by atoms with Gasteiger partial charge in [-0.3, -0.25) is 10.1 Å². The van der Waals surface area contributed by atoms with Gasteiger partial charge in [-0.15, -0.1) is 10.2 Å². The van der Waals surface area contributed by atoms with Crippen molar-refractivity contribution < 1.29 is 22.3 Å². The number of nitrogens with one attached hydrogen (secondary N) is 1. The number of sulfone groups is 1. The average Bonchev–Trinajstić information content (AvgIpc) is 3.08. The molecule has 26 heavy (non-hydrogen) atoms. The summed E-state index contributed by atoms with van der Waals surface area (Å²) in [5.41, 5.74) is 0. The number of nitrogens with zero attached hydrogens (tertiary/aromatic N) is 2. The highest BCUT2D eigenvalue weighted by molar-refractivity contribution is 7.93. The van der Waals surface area contributed by atoms with Crippen LogP contribution in [0.1, 0.15) is 33.1 Å². The molecule has 0 aliphatic carbocycles. The number of ether oxygens (including phenoxy) is 1. The summed E-state index contributed by atoms with van der Waals surface area (Å²) in [6.45, 7) is 3.60. The summed E-state index contributed by atoms with van der Waals surface area (Å²) in [7, 11) is -3.50. The maximum absolute atomic E-state index is 13.7. The fourth-order valence-corrected chi connectivity index (χ4v) is 4.49. The number of hydrogen-bond acceptors (Lipinski definition) is 7. The van der Waals surface area contributed by atoms with Crippen LogP contribution in [0.3, 0.4) is 0 Å². The molecule has 1 atom stereocenters. The normalized spacial score (nSPS) is 12.6. The van der Waals surface area contributed by atoms with Gasteiger partial charge in [-0.05, 0) is 25.0 Å². The third kappa shape index (κ3) is 5.21. The van der Waals surface area contributed by atoms with Crippen molar-refractivity contribution in [2.24, 2.45) is 0 Å². The molecule has 0 saturated heterocycles. The van der Waals surface area contributed by atoms with E-state index in [1.54, 1.807) is 13.0 Å². The van der Waals surface area contributed by atoms with Crippen LogP contribution in [0.5, 0.6) is 5.75 Å². The van der Waals surface area contributed by atoms with Gasteiger partial charge in [0, 0.05) is 0 Å². The Morgan fingerprint density at radius 2 is 2.04 bits per heavy atom. The van der Waals surface area contributed by atoms with E-state index < -0.39 is 27.7 Å². The highest BCUT2D eigenvalue weighted by Crippen LogP contribution is 2.23. The van der Waals surface area contributed by atoms with Crippen LogP contribution >= 0.6 is 11.3 Å². The van der Waals surface area contributed by atoms with E-state index in [-0.39, 0.29) is 21.0 Å². The largest absolute Gasteiger partial charge is 0.478 e. The molecule has 1 unspecified atom stereocenters. The Kier molecular flexibility index (Phi) is 7.04. The van der Waals surface area contributed by atoms with Crippen LogP contribution in [0.4, 0.5) is 9.52 Å². The second-order valence-electron chi connectivity index (χ2n) is 5.48. The molecule has 0 radical (unpaired) electrons. The van der Waals surface area contributed by atoms with E-state index in [1.165, 1.54) is 18.2 Å². The number of aromatic nitrogens is 2. The number of amides is 1. The lowest BCUT2D eigenvalue weighted by atomic mass is 10.2. The number of hydrogen-bond donors (Lipinski definition) is 1. The third-order valence-electron chi connectivity index (χ3n) is 3.44. The Bertz CT molecular complexity index is 855. The number of carbonyl (C=O) groups is 1. The van der Waals surface area contributed by atoms with E-state index in [0.717, 1.165) is 17.8 Å². The van der Waals surface area contributed by atoms with Crippen molar-refractivity contribution in [2.75, 3.05) is 11.1 Å². The molecule has 0 saturated carbocycles. The first-order valence-corrected chi connectivity index (χ1v) is 10.6. The third-order valence-corrected chi connectivity index (χ3v) is 6.52. The molecule has 2 rings (SSSR count). The second-order valence-corrected chi connectivity index (χ2v) is 8.74. The second kappa shape index (κ2) is 9.04. The first kappa shape index (κ1) is 20.2. The Hall–Kier alpha value is -2.07. The first-order chi connectivity index (χ1) is 12.4. The van der Waals surface area contributed by atoms with Crippen LogP contribution in [-0.2, 0) is 14.6 Å². The number of unbranched alkanes of at least 4 members (excludes halogenated alkanes) is 1. The van der Waals surface area contributed by atoms with Gasteiger partial charge in [0.2, 0.25) is 19.3 Å². The lowest BCUT2D eigenvalue weighted by molar-refractivity contribution is -0.122. The topological polar surface area (TPSA) is 98.3 Å². The van der Waals surface area contributed by atoms with Crippen molar-refractivity contribution in [1.82, 2.24) is 10.2 Å². The molecular formula is C16H20FN3O4S2. The summed E-state index contributed by atoms with van der Waals surface area (Å²) >= 11 is 0.784. The molecule has 0 fully saturated rings. The van der Waals surface area contributed by atoms with Gasteiger partial charge in [0.05, 0.1) is 5.75 Å². The number of carbonyl (C=O) groups excluding carboxylic acids is 1. The molecule has 0 aliphatic heterocycles. The van der Waals surface area contributed by atoms with Crippen LogP contribution in [-0.4, -0.2) is 36.4 Å². The van der Waals surface area contributed by atoms with E-state index in [2.05, 4.69) is 15.5 Å². The lowest BCUT2D eigenvalue weighted by Gasteiger charge is -2.16. The molecule has 1 aromatic carbocycles. The minimum absolute atomic E-state index is 0.0138. The SMILES string of the molecule is CCCCS(=O)(=O)c1nnc(NC(=O)C(CC)Oc2ccccc2F)s1. The molecule has 142 valence electrons. The van der Waals surface area contributed by atoms with Crippen LogP contribution < -0.4 is 10.1 Å². The number of halogens is 1. The predicted molar refractivity (Wildman–Crippen MR) is 96.6 cm³/mol. The molecule has 1 aromatic heterocycles. The average molecular weight is 401 g/mol. The van der Waals surface area contributed by atoms with Crippen molar-refractivity contribution in [2.45, 2.75) is 43.6 Å². The van der Waals surface area contributed by atoms with Crippen LogP contribution in [0.2, 0.25) is 0 Å². The quantitative estimate of drug-likeness (QED) is 0.649. The van der Waals surface area contributed by atoms with Crippen molar-refractivity contribution in [1.29, 1.82) is 0 Å². The smallest absolute Gasteiger partial charge is 0.267 e. The highest BCUT2D eigenvalue weighted by Gasteiger charge is 2.24. The van der Waals surface area contributed by atoms with E-state index in [4.69, 9.17) is 4.74 Å². The number of para-hydroxylation sites is 1. The molecule has 0 aliphatic rings. The van der Waals surface area contributed by atoms with Gasteiger partial charge in [0.25, 0.3) is 5.91 Å². The number of anilines is 1. The van der Waals surface area contributed by atoms with Gasteiger partial charge in [-0.1, -0.05) is 43.7 Å². The molecule has 1 heterocycles. The molecule has 0 bridgehead atoms. The van der Waals surface area contributed by atoms with E-state index >= 15 is 0 Å². The van der Waals surface area contributed by atoms with Gasteiger partial charge in [-0.25, -0.2) is 12.8 Å². The zero-order valence-electron chi connectivity index (χ0n) is 14.4. The summed E-state index contributed by atoms with van der Waals surface area (Å²) in [5, 5.41) is 9.87. The summed E-state index contributed by atoms with van der Waals surface area (Å²) < 4.78 is 43.1. The van der Waals surface area contributed by atoms with Gasteiger partial charge in [0.1, 0.15) is 0 Å². The number of rotatable bonds is 9. The van der Waals surface area contributed by atoms with Crippen molar-refractivity contribution >= 4 is 32.2 Å². The first-order valence-electron chi connectivity index (χ1n) is 8.15. The maximum Gasteiger partial charge on any atom is 0.267 e. The Labute approximate surface area is 155 Å². The standard InChI is InChI=1S/C16H20FN3O4S2/c1-3-5-10-26(22,23)16-20-19-15(25-16)18-14(21)12(4-2)24-13-9-7-6-8-11(13)17/h6-9,12H,3-5,10H2,1-2H3,(H,18,19,21). The fourth-order valence-electron chi connectivity index (χ4n) is 2.01. The summed E-state index contributed by atoms with van der Waals surface area (Å²) in [6.07, 6.45) is 0.613.